The van der Waals surface area contributed by atoms with Crippen molar-refractivity contribution < 1.29 is 9.53 Å². The van der Waals surface area contributed by atoms with E-state index in [4.69, 9.17) is 10.5 Å². The third-order valence-electron chi connectivity index (χ3n) is 2.57. The minimum atomic E-state index is -0.188. The highest BCUT2D eigenvalue weighted by atomic mass is 79.9. The number of thiophene rings is 1. The number of hydrogen-bond donors (Lipinski definition) is 1. The van der Waals surface area contributed by atoms with E-state index < -0.39 is 0 Å². The van der Waals surface area contributed by atoms with Crippen LogP contribution in [-0.4, -0.2) is 5.97 Å². The van der Waals surface area contributed by atoms with Crippen molar-refractivity contribution in [3.8, 4) is 0 Å². The Morgan fingerprint density at radius 3 is 2.89 bits per heavy atom. The van der Waals surface area contributed by atoms with Gasteiger partial charge in [-0.3, -0.25) is 4.79 Å². The number of nitrogen functional groups attached to an aromatic ring is 1. The predicted molar refractivity (Wildman–Crippen MR) is 81.0 cm³/mol. The number of carbonyl (C=O) groups is 1. The minimum Gasteiger partial charge on any atom is -0.460 e. The fourth-order valence-corrected chi connectivity index (χ4v) is 3.01. The predicted octanol–water partition coefficient (Wildman–Crippen LogP) is 3.77. The summed E-state index contributed by atoms with van der Waals surface area (Å²) in [4.78, 5) is 12.7. The summed E-state index contributed by atoms with van der Waals surface area (Å²) in [6.07, 6.45) is 1.02. The Balaban J connectivity index is 1.75. The smallest absolute Gasteiger partial charge is 0.306 e. The lowest BCUT2D eigenvalue weighted by Gasteiger charge is -2.04. The van der Waals surface area contributed by atoms with Gasteiger partial charge in [0.1, 0.15) is 6.61 Å². The van der Waals surface area contributed by atoms with Crippen molar-refractivity contribution in [2.24, 2.45) is 0 Å². The average molecular weight is 340 g/mol. The highest BCUT2D eigenvalue weighted by molar-refractivity contribution is 9.10. The Morgan fingerprint density at radius 2 is 2.21 bits per heavy atom. The molecule has 0 saturated heterocycles. The van der Waals surface area contributed by atoms with Crippen LogP contribution in [0.4, 0.5) is 5.69 Å². The van der Waals surface area contributed by atoms with Crippen LogP contribution >= 0.6 is 27.3 Å². The zero-order valence-corrected chi connectivity index (χ0v) is 12.7. The summed E-state index contributed by atoms with van der Waals surface area (Å²) in [5.74, 6) is -0.188. The first-order valence-electron chi connectivity index (χ1n) is 5.86. The van der Waals surface area contributed by atoms with Crippen molar-refractivity contribution in [1.82, 2.24) is 0 Å². The number of nitrogens with two attached hydrogens (primary N) is 1. The molecule has 1 aromatic carbocycles. The van der Waals surface area contributed by atoms with E-state index in [1.807, 2.05) is 35.7 Å². The Labute approximate surface area is 124 Å². The molecule has 0 saturated carbocycles. The number of rotatable bonds is 5. The van der Waals surface area contributed by atoms with Gasteiger partial charge in [0.2, 0.25) is 0 Å². The normalized spacial score (nSPS) is 10.4. The summed E-state index contributed by atoms with van der Waals surface area (Å²) in [6, 6.07) is 9.51. The zero-order valence-electron chi connectivity index (χ0n) is 10.3. The molecule has 0 atom stereocenters. The van der Waals surface area contributed by atoms with Crippen molar-refractivity contribution in [3.63, 3.8) is 0 Å². The minimum absolute atomic E-state index is 0.188. The second-order valence-electron chi connectivity index (χ2n) is 4.14. The first kappa shape index (κ1) is 14.1. The fraction of sp³-hybridized carbons (Fsp3) is 0.214. The summed E-state index contributed by atoms with van der Waals surface area (Å²) in [5.41, 5.74) is 7.45. The molecule has 5 heteroatoms. The molecule has 0 amide bonds. The van der Waals surface area contributed by atoms with E-state index in [9.17, 15) is 4.79 Å². The Bertz CT molecular complexity index is 568. The van der Waals surface area contributed by atoms with Crippen LogP contribution in [0.2, 0.25) is 0 Å². The van der Waals surface area contributed by atoms with Gasteiger partial charge in [0.25, 0.3) is 0 Å². The van der Waals surface area contributed by atoms with E-state index in [2.05, 4.69) is 15.9 Å². The molecule has 1 aromatic heterocycles. The maximum atomic E-state index is 11.6. The highest BCUT2D eigenvalue weighted by Crippen LogP contribution is 2.20. The standard InChI is InChI=1S/C14H14BrNO2S/c15-11-7-13(19-9-11)8-18-14(17)5-4-10-2-1-3-12(16)6-10/h1-3,6-7,9H,4-5,8,16H2. The lowest BCUT2D eigenvalue weighted by molar-refractivity contribution is -0.144. The van der Waals surface area contributed by atoms with Crippen LogP contribution in [0.5, 0.6) is 0 Å². The highest BCUT2D eigenvalue weighted by Gasteiger charge is 2.06. The fourth-order valence-electron chi connectivity index (χ4n) is 1.65. The molecule has 2 rings (SSSR count). The number of hydrogen-bond acceptors (Lipinski definition) is 4. The molecule has 0 fully saturated rings. The van der Waals surface area contributed by atoms with Gasteiger partial charge < -0.3 is 10.5 Å². The third-order valence-corrected chi connectivity index (χ3v) is 4.24. The van der Waals surface area contributed by atoms with Gasteiger partial charge in [-0.1, -0.05) is 12.1 Å². The molecule has 2 aromatic rings. The van der Waals surface area contributed by atoms with E-state index in [1.165, 1.54) is 0 Å². The second kappa shape index (κ2) is 6.73. The lowest BCUT2D eigenvalue weighted by atomic mass is 10.1. The molecule has 0 radical (unpaired) electrons. The lowest BCUT2D eigenvalue weighted by Crippen LogP contribution is -2.05. The first-order valence-corrected chi connectivity index (χ1v) is 7.54. The maximum absolute atomic E-state index is 11.6. The number of ether oxygens (including phenoxy) is 1. The van der Waals surface area contributed by atoms with Gasteiger partial charge in [-0.2, -0.15) is 0 Å². The Morgan fingerprint density at radius 1 is 1.37 bits per heavy atom. The first-order chi connectivity index (χ1) is 9.13. The summed E-state index contributed by atoms with van der Waals surface area (Å²) in [7, 11) is 0. The molecule has 19 heavy (non-hydrogen) atoms. The average Bonchev–Trinajstić information content (AvgIpc) is 2.80. The molecule has 0 aliphatic heterocycles. The Hall–Kier alpha value is -1.33. The molecule has 0 spiro atoms. The van der Waals surface area contributed by atoms with Gasteiger partial charge in [0, 0.05) is 26.8 Å². The van der Waals surface area contributed by atoms with E-state index in [-0.39, 0.29) is 5.97 Å². The number of anilines is 1. The van der Waals surface area contributed by atoms with Gasteiger partial charge in [-0.25, -0.2) is 0 Å². The summed E-state index contributed by atoms with van der Waals surface area (Å²) < 4.78 is 6.23. The second-order valence-corrected chi connectivity index (χ2v) is 6.05. The maximum Gasteiger partial charge on any atom is 0.306 e. The van der Waals surface area contributed by atoms with Gasteiger partial charge in [-0.15, -0.1) is 11.3 Å². The number of carbonyl (C=O) groups excluding carboxylic acids is 1. The van der Waals surface area contributed by atoms with Crippen molar-refractivity contribution >= 4 is 38.9 Å². The van der Waals surface area contributed by atoms with Crippen molar-refractivity contribution in [2.45, 2.75) is 19.4 Å². The van der Waals surface area contributed by atoms with Crippen LogP contribution < -0.4 is 5.73 Å². The molecule has 0 bridgehead atoms. The summed E-state index contributed by atoms with van der Waals surface area (Å²) in [6.45, 7) is 0.339. The Kier molecular flexibility index (Phi) is 4.99. The molecule has 0 aliphatic rings. The third kappa shape index (κ3) is 4.69. The largest absolute Gasteiger partial charge is 0.460 e. The molecule has 100 valence electrons. The van der Waals surface area contributed by atoms with Crippen LogP contribution in [0.3, 0.4) is 0 Å². The monoisotopic (exact) mass is 339 g/mol. The van der Waals surface area contributed by atoms with Gasteiger partial charge in [0.05, 0.1) is 0 Å². The van der Waals surface area contributed by atoms with Crippen molar-refractivity contribution in [2.75, 3.05) is 5.73 Å². The van der Waals surface area contributed by atoms with E-state index in [0.717, 1.165) is 14.9 Å². The van der Waals surface area contributed by atoms with Crippen LogP contribution in [0.25, 0.3) is 0 Å². The molecular weight excluding hydrogens is 326 g/mol. The van der Waals surface area contributed by atoms with Gasteiger partial charge >= 0.3 is 5.97 Å². The van der Waals surface area contributed by atoms with E-state index >= 15 is 0 Å². The quantitative estimate of drug-likeness (QED) is 0.666. The number of benzene rings is 1. The van der Waals surface area contributed by atoms with E-state index in [0.29, 0.717) is 25.1 Å². The molecule has 0 unspecified atom stereocenters. The van der Waals surface area contributed by atoms with Crippen LogP contribution in [0, 0.1) is 0 Å². The van der Waals surface area contributed by atoms with Crippen molar-refractivity contribution in [1.29, 1.82) is 0 Å². The zero-order chi connectivity index (χ0) is 13.7. The van der Waals surface area contributed by atoms with E-state index in [1.54, 1.807) is 11.3 Å². The SMILES string of the molecule is Nc1cccc(CCC(=O)OCc2cc(Br)cs2)c1. The molecule has 0 aliphatic carbocycles. The summed E-state index contributed by atoms with van der Waals surface area (Å²) in [5, 5.41) is 1.97. The van der Waals surface area contributed by atoms with Gasteiger partial charge in [-0.05, 0) is 46.1 Å². The molecular formula is C14H14BrNO2S. The number of aryl methyl sites for hydroxylation is 1. The molecule has 3 nitrogen and oxygen atoms in total. The van der Waals surface area contributed by atoms with Gasteiger partial charge in [0.15, 0.2) is 0 Å². The van der Waals surface area contributed by atoms with Crippen LogP contribution in [0.1, 0.15) is 16.9 Å². The topological polar surface area (TPSA) is 52.3 Å². The number of halogens is 1. The van der Waals surface area contributed by atoms with Crippen LogP contribution in [0.15, 0.2) is 40.2 Å². The van der Waals surface area contributed by atoms with Crippen molar-refractivity contribution in [3.05, 3.63) is 50.6 Å². The van der Waals surface area contributed by atoms with Crippen LogP contribution in [-0.2, 0) is 22.6 Å². The number of esters is 1. The summed E-state index contributed by atoms with van der Waals surface area (Å²) >= 11 is 4.93. The molecule has 2 N–H and O–H groups in total. The molecule has 1 heterocycles.